The van der Waals surface area contributed by atoms with E-state index in [2.05, 4.69) is 17.1 Å². The topological polar surface area (TPSA) is 32.7 Å². The third-order valence-corrected chi connectivity index (χ3v) is 3.96. The van der Waals surface area contributed by atoms with Crippen LogP contribution in [0.4, 0.5) is 0 Å². The smallest absolute Gasteiger partial charge is 0.0900 e. The molecule has 1 fully saturated rings. The number of hydrogen-bond acceptors (Lipinski definition) is 3. The summed E-state index contributed by atoms with van der Waals surface area (Å²) in [5.74, 6) is 0.664. The van der Waals surface area contributed by atoms with Gasteiger partial charge >= 0.3 is 0 Å². The van der Waals surface area contributed by atoms with Crippen molar-refractivity contribution in [3.8, 4) is 0 Å². The van der Waals surface area contributed by atoms with Gasteiger partial charge in [0.15, 0.2) is 0 Å². The summed E-state index contributed by atoms with van der Waals surface area (Å²) < 4.78 is 5.67. The summed E-state index contributed by atoms with van der Waals surface area (Å²) in [4.78, 5) is 2.36. The van der Waals surface area contributed by atoms with E-state index in [0.29, 0.717) is 12.5 Å². The third-order valence-electron chi connectivity index (χ3n) is 3.96. The molecule has 0 bridgehead atoms. The van der Waals surface area contributed by atoms with Crippen molar-refractivity contribution >= 4 is 12.4 Å². The number of allylic oxidation sites excluding steroid dienone is 2. The molecule has 2 rings (SSSR count). The van der Waals surface area contributed by atoms with Gasteiger partial charge in [-0.25, -0.2) is 0 Å². The zero-order valence-electron chi connectivity index (χ0n) is 11.8. The van der Waals surface area contributed by atoms with E-state index in [1.807, 2.05) is 0 Å². The number of hydrogen-bond donors (Lipinski definition) is 1. The largest absolute Gasteiger partial charge is 0.389 e. The van der Waals surface area contributed by atoms with Crippen LogP contribution in [0.3, 0.4) is 0 Å². The Hall–Kier alpha value is -0.0900. The standard InChI is InChI=1S/C15H27NO2.ClH/c17-15(11-16-9-5-2-6-10-16)13-18-12-14-7-3-1-4-8-14;/h1,3,14-15,17H,2,4-13H2;1H. The second-order valence-electron chi connectivity index (χ2n) is 5.70. The average Bonchev–Trinajstić information content (AvgIpc) is 2.41. The maximum absolute atomic E-state index is 9.95. The zero-order valence-corrected chi connectivity index (χ0v) is 12.6. The highest BCUT2D eigenvalue weighted by Gasteiger charge is 2.15. The number of piperidine rings is 1. The quantitative estimate of drug-likeness (QED) is 0.763. The second kappa shape index (κ2) is 9.76. The molecule has 0 aromatic heterocycles. The summed E-state index contributed by atoms with van der Waals surface area (Å²) in [5.41, 5.74) is 0. The first kappa shape index (κ1) is 17.0. The molecule has 1 heterocycles. The summed E-state index contributed by atoms with van der Waals surface area (Å²) in [6, 6.07) is 0. The van der Waals surface area contributed by atoms with Crippen LogP contribution in [0.5, 0.6) is 0 Å². The predicted molar refractivity (Wildman–Crippen MR) is 80.8 cm³/mol. The SMILES string of the molecule is Cl.OC(COCC1CC=CCC1)CN1CCCCC1. The molecule has 112 valence electrons. The summed E-state index contributed by atoms with van der Waals surface area (Å²) >= 11 is 0. The van der Waals surface area contributed by atoms with Gasteiger partial charge in [0.1, 0.15) is 0 Å². The number of aliphatic hydroxyl groups excluding tert-OH is 1. The number of ether oxygens (including phenoxy) is 1. The van der Waals surface area contributed by atoms with E-state index < -0.39 is 0 Å². The fraction of sp³-hybridized carbons (Fsp3) is 0.867. The maximum atomic E-state index is 9.95. The molecule has 1 saturated heterocycles. The van der Waals surface area contributed by atoms with E-state index in [0.717, 1.165) is 32.7 Å². The van der Waals surface area contributed by atoms with Crippen molar-refractivity contribution < 1.29 is 9.84 Å². The molecule has 1 aliphatic heterocycles. The summed E-state index contributed by atoms with van der Waals surface area (Å²) in [6.07, 6.45) is 11.7. The van der Waals surface area contributed by atoms with Crippen LogP contribution in [-0.2, 0) is 4.74 Å². The first-order chi connectivity index (χ1) is 8.84. The Morgan fingerprint density at radius 2 is 2.00 bits per heavy atom. The van der Waals surface area contributed by atoms with Gasteiger partial charge in [-0.05, 0) is 51.1 Å². The van der Waals surface area contributed by atoms with Crippen LogP contribution in [0, 0.1) is 5.92 Å². The molecule has 19 heavy (non-hydrogen) atoms. The Morgan fingerprint density at radius 1 is 1.21 bits per heavy atom. The van der Waals surface area contributed by atoms with Gasteiger partial charge in [-0.15, -0.1) is 12.4 Å². The molecular weight excluding hydrogens is 262 g/mol. The molecule has 4 heteroatoms. The molecule has 0 aromatic carbocycles. The first-order valence-electron chi connectivity index (χ1n) is 7.48. The van der Waals surface area contributed by atoms with Crippen molar-refractivity contribution in [3.05, 3.63) is 12.2 Å². The Balaban J connectivity index is 0.00000180. The molecule has 2 unspecified atom stereocenters. The van der Waals surface area contributed by atoms with Gasteiger partial charge in [-0.2, -0.15) is 0 Å². The molecule has 1 N–H and O–H groups in total. The molecule has 0 radical (unpaired) electrons. The van der Waals surface area contributed by atoms with Crippen LogP contribution in [0.2, 0.25) is 0 Å². The van der Waals surface area contributed by atoms with E-state index in [-0.39, 0.29) is 18.5 Å². The number of halogens is 1. The summed E-state index contributed by atoms with van der Waals surface area (Å²) in [6.45, 7) is 4.37. The second-order valence-corrected chi connectivity index (χ2v) is 5.70. The molecular formula is C15H28ClNO2. The van der Waals surface area contributed by atoms with Crippen molar-refractivity contribution in [1.29, 1.82) is 0 Å². The van der Waals surface area contributed by atoms with E-state index in [1.54, 1.807) is 0 Å². The maximum Gasteiger partial charge on any atom is 0.0900 e. The molecule has 0 aromatic rings. The van der Waals surface area contributed by atoms with Gasteiger partial charge in [0.05, 0.1) is 12.7 Å². The molecule has 0 spiro atoms. The minimum Gasteiger partial charge on any atom is -0.389 e. The van der Waals surface area contributed by atoms with Crippen LogP contribution in [0.1, 0.15) is 38.5 Å². The van der Waals surface area contributed by atoms with Crippen LogP contribution in [0.25, 0.3) is 0 Å². The Kier molecular flexibility index (Phi) is 8.71. The summed E-state index contributed by atoms with van der Waals surface area (Å²) in [7, 11) is 0. The van der Waals surface area contributed by atoms with Crippen LogP contribution in [0.15, 0.2) is 12.2 Å². The summed E-state index contributed by atoms with van der Waals surface area (Å²) in [5, 5.41) is 9.95. The first-order valence-corrected chi connectivity index (χ1v) is 7.48. The van der Waals surface area contributed by atoms with Gasteiger partial charge in [0, 0.05) is 13.2 Å². The van der Waals surface area contributed by atoms with Gasteiger partial charge in [0.25, 0.3) is 0 Å². The number of rotatable bonds is 6. The van der Waals surface area contributed by atoms with Gasteiger partial charge < -0.3 is 14.7 Å². The zero-order chi connectivity index (χ0) is 12.6. The lowest BCUT2D eigenvalue weighted by Crippen LogP contribution is -2.38. The molecule has 3 nitrogen and oxygen atoms in total. The highest BCUT2D eigenvalue weighted by molar-refractivity contribution is 5.85. The Bertz CT molecular complexity index is 255. The number of β-amino-alcohol motifs (C(OH)–C–C–N with tert-alkyl or cyclic N) is 1. The lowest BCUT2D eigenvalue weighted by Gasteiger charge is -2.28. The van der Waals surface area contributed by atoms with Crippen LogP contribution >= 0.6 is 12.4 Å². The average molecular weight is 290 g/mol. The monoisotopic (exact) mass is 289 g/mol. The number of aliphatic hydroxyl groups is 1. The van der Waals surface area contributed by atoms with Gasteiger partial charge in [-0.3, -0.25) is 0 Å². The Morgan fingerprint density at radius 3 is 2.68 bits per heavy atom. The number of likely N-dealkylation sites (tertiary alicyclic amines) is 1. The predicted octanol–water partition coefficient (Wildman–Crippen LogP) is 2.63. The van der Waals surface area contributed by atoms with E-state index in [9.17, 15) is 5.11 Å². The van der Waals surface area contributed by atoms with Crippen molar-refractivity contribution in [2.75, 3.05) is 32.8 Å². The van der Waals surface area contributed by atoms with Crippen molar-refractivity contribution in [2.45, 2.75) is 44.6 Å². The lowest BCUT2D eigenvalue weighted by atomic mass is 9.95. The highest BCUT2D eigenvalue weighted by atomic mass is 35.5. The molecule has 0 saturated carbocycles. The fourth-order valence-electron chi connectivity index (χ4n) is 2.87. The molecule has 1 aliphatic carbocycles. The lowest BCUT2D eigenvalue weighted by molar-refractivity contribution is 0.00120. The van der Waals surface area contributed by atoms with Crippen molar-refractivity contribution in [3.63, 3.8) is 0 Å². The van der Waals surface area contributed by atoms with E-state index in [4.69, 9.17) is 4.74 Å². The minimum atomic E-state index is -0.317. The number of nitrogens with zero attached hydrogens (tertiary/aromatic N) is 1. The van der Waals surface area contributed by atoms with Gasteiger partial charge in [-0.1, -0.05) is 18.6 Å². The Labute approximate surface area is 123 Å². The third kappa shape index (κ3) is 6.75. The van der Waals surface area contributed by atoms with E-state index in [1.165, 1.54) is 32.1 Å². The van der Waals surface area contributed by atoms with Crippen LogP contribution in [-0.4, -0.2) is 49.0 Å². The van der Waals surface area contributed by atoms with E-state index >= 15 is 0 Å². The van der Waals surface area contributed by atoms with Crippen molar-refractivity contribution in [1.82, 2.24) is 4.90 Å². The van der Waals surface area contributed by atoms with Crippen molar-refractivity contribution in [2.24, 2.45) is 5.92 Å². The molecule has 2 atom stereocenters. The molecule has 2 aliphatic rings. The molecule has 0 amide bonds. The fourth-order valence-corrected chi connectivity index (χ4v) is 2.87. The normalized spacial score (nSPS) is 25.8. The van der Waals surface area contributed by atoms with Crippen LogP contribution < -0.4 is 0 Å². The van der Waals surface area contributed by atoms with Gasteiger partial charge in [0.2, 0.25) is 0 Å². The minimum absolute atomic E-state index is 0. The highest BCUT2D eigenvalue weighted by Crippen LogP contribution is 2.18.